The average Bonchev–Trinajstić information content (AvgIpc) is 2.25. The van der Waals surface area contributed by atoms with Crippen LogP contribution >= 0.6 is 33.9 Å². The first-order chi connectivity index (χ1) is 8.36. The lowest BCUT2D eigenvalue weighted by Crippen LogP contribution is -2.03. The summed E-state index contributed by atoms with van der Waals surface area (Å²) in [4.78, 5) is -0.164. The number of halogens is 3. The van der Waals surface area contributed by atoms with Crippen molar-refractivity contribution < 1.29 is 17.9 Å². The molecule has 0 saturated heterocycles. The zero-order chi connectivity index (χ0) is 13.8. The third kappa shape index (κ3) is 4.48. The molecule has 0 amide bonds. The molecule has 0 radical (unpaired) electrons. The van der Waals surface area contributed by atoms with E-state index in [1.54, 1.807) is 7.11 Å². The van der Waals surface area contributed by atoms with E-state index in [1.807, 2.05) is 0 Å². The highest BCUT2D eigenvalue weighted by atomic mass is 35.7. The number of hydrogen-bond acceptors (Lipinski definition) is 4. The van der Waals surface area contributed by atoms with Crippen molar-refractivity contribution in [2.45, 2.75) is 11.3 Å². The summed E-state index contributed by atoms with van der Waals surface area (Å²) in [6.45, 7) is 0.906. The van der Waals surface area contributed by atoms with Crippen LogP contribution in [0.2, 0.25) is 10.0 Å². The number of rotatable bonds is 6. The minimum Gasteiger partial charge on any atom is -0.490 e. The second-order valence-corrected chi connectivity index (χ2v) is 6.73. The van der Waals surface area contributed by atoms with Gasteiger partial charge < -0.3 is 9.47 Å². The van der Waals surface area contributed by atoms with Crippen molar-refractivity contribution in [3.8, 4) is 5.75 Å². The van der Waals surface area contributed by atoms with Crippen LogP contribution in [0.3, 0.4) is 0 Å². The van der Waals surface area contributed by atoms with Gasteiger partial charge in [-0.2, -0.15) is 0 Å². The third-order valence-electron chi connectivity index (χ3n) is 1.99. The van der Waals surface area contributed by atoms with Crippen molar-refractivity contribution in [2.75, 3.05) is 20.3 Å². The summed E-state index contributed by atoms with van der Waals surface area (Å²) >= 11 is 11.8. The Morgan fingerprint density at radius 1 is 1.17 bits per heavy atom. The van der Waals surface area contributed by atoms with Crippen molar-refractivity contribution in [3.63, 3.8) is 0 Å². The Labute approximate surface area is 120 Å². The van der Waals surface area contributed by atoms with E-state index in [1.165, 1.54) is 12.1 Å². The molecule has 1 rings (SSSR count). The highest BCUT2D eigenvalue weighted by molar-refractivity contribution is 8.13. The maximum Gasteiger partial charge on any atom is 0.261 e. The van der Waals surface area contributed by atoms with Crippen LogP contribution in [0.4, 0.5) is 0 Å². The summed E-state index contributed by atoms with van der Waals surface area (Å²) in [5, 5.41) is 0.193. The minimum atomic E-state index is -3.87. The normalized spacial score (nSPS) is 11.6. The topological polar surface area (TPSA) is 52.6 Å². The summed E-state index contributed by atoms with van der Waals surface area (Å²) in [6.07, 6.45) is 0.665. The number of benzene rings is 1. The van der Waals surface area contributed by atoms with Crippen molar-refractivity contribution in [1.29, 1.82) is 0 Å². The molecular weight excluding hydrogens is 323 g/mol. The van der Waals surface area contributed by atoms with Crippen LogP contribution in [0.25, 0.3) is 0 Å². The smallest absolute Gasteiger partial charge is 0.261 e. The minimum absolute atomic E-state index is 0.0964. The zero-order valence-corrected chi connectivity index (χ0v) is 12.5. The standard InChI is InChI=1S/C10H11Cl3O4S/c1-16-3-2-4-17-10-8(11)5-7(6-9(10)12)18(13,14)15/h5-6H,2-4H2,1H3. The maximum atomic E-state index is 11.1. The quantitative estimate of drug-likeness (QED) is 0.592. The molecule has 4 nitrogen and oxygen atoms in total. The van der Waals surface area contributed by atoms with Crippen LogP contribution in [0.1, 0.15) is 6.42 Å². The van der Waals surface area contributed by atoms with Gasteiger partial charge in [0.2, 0.25) is 0 Å². The van der Waals surface area contributed by atoms with E-state index >= 15 is 0 Å². The average molecular weight is 334 g/mol. The van der Waals surface area contributed by atoms with Gasteiger partial charge in [-0.05, 0) is 12.1 Å². The molecule has 0 unspecified atom stereocenters. The Bertz CT molecular complexity index is 493. The Kier molecular flexibility index (Phi) is 6.01. The van der Waals surface area contributed by atoms with Crippen molar-refractivity contribution in [3.05, 3.63) is 22.2 Å². The predicted octanol–water partition coefficient (Wildman–Crippen LogP) is 3.34. The summed E-state index contributed by atoms with van der Waals surface area (Å²) in [5.41, 5.74) is 0. The summed E-state index contributed by atoms with van der Waals surface area (Å²) < 4.78 is 32.5. The van der Waals surface area contributed by atoms with E-state index in [2.05, 4.69) is 0 Å². The Morgan fingerprint density at radius 2 is 1.72 bits per heavy atom. The molecule has 0 spiro atoms. The second kappa shape index (κ2) is 6.82. The molecule has 102 valence electrons. The molecule has 8 heteroatoms. The Hall–Kier alpha value is -0.200. The molecular formula is C10H11Cl3O4S. The van der Waals surface area contributed by atoms with Crippen LogP contribution in [0.5, 0.6) is 5.75 Å². The maximum absolute atomic E-state index is 11.1. The largest absolute Gasteiger partial charge is 0.490 e. The molecule has 0 bridgehead atoms. The number of hydrogen-bond donors (Lipinski definition) is 0. The lowest BCUT2D eigenvalue weighted by molar-refractivity contribution is 0.172. The number of ether oxygens (including phenoxy) is 2. The van der Waals surface area contributed by atoms with Crippen molar-refractivity contribution in [1.82, 2.24) is 0 Å². The first-order valence-electron chi connectivity index (χ1n) is 4.91. The van der Waals surface area contributed by atoms with E-state index in [0.717, 1.165) is 0 Å². The fraction of sp³-hybridized carbons (Fsp3) is 0.400. The fourth-order valence-electron chi connectivity index (χ4n) is 1.19. The van der Waals surface area contributed by atoms with Gasteiger partial charge in [0, 0.05) is 30.8 Å². The van der Waals surface area contributed by atoms with Crippen LogP contribution in [0, 0.1) is 0 Å². The van der Waals surface area contributed by atoms with Crippen LogP contribution < -0.4 is 4.74 Å². The monoisotopic (exact) mass is 332 g/mol. The van der Waals surface area contributed by atoms with Crippen LogP contribution in [-0.2, 0) is 13.8 Å². The SMILES string of the molecule is COCCCOc1c(Cl)cc(S(=O)(=O)Cl)cc1Cl. The lowest BCUT2D eigenvalue weighted by atomic mass is 10.3. The molecule has 0 aliphatic carbocycles. The van der Waals surface area contributed by atoms with Gasteiger partial charge in [-0.25, -0.2) is 8.42 Å². The van der Waals surface area contributed by atoms with Gasteiger partial charge in [-0.3, -0.25) is 0 Å². The molecule has 0 aliphatic rings. The zero-order valence-electron chi connectivity index (χ0n) is 9.45. The highest BCUT2D eigenvalue weighted by Gasteiger charge is 2.16. The summed E-state index contributed by atoms with van der Waals surface area (Å²) in [7, 11) is 2.92. The van der Waals surface area contributed by atoms with E-state index in [0.29, 0.717) is 19.6 Å². The predicted molar refractivity (Wildman–Crippen MR) is 71.5 cm³/mol. The lowest BCUT2D eigenvalue weighted by Gasteiger charge is -2.10. The molecule has 18 heavy (non-hydrogen) atoms. The molecule has 0 heterocycles. The Morgan fingerprint density at radius 3 is 2.17 bits per heavy atom. The first-order valence-corrected chi connectivity index (χ1v) is 7.98. The van der Waals surface area contributed by atoms with Gasteiger partial charge in [0.05, 0.1) is 21.5 Å². The molecule has 1 aromatic carbocycles. The van der Waals surface area contributed by atoms with E-state index < -0.39 is 9.05 Å². The molecule has 0 fully saturated rings. The van der Waals surface area contributed by atoms with Crippen LogP contribution in [-0.4, -0.2) is 28.7 Å². The van der Waals surface area contributed by atoms with E-state index in [-0.39, 0.29) is 20.7 Å². The van der Waals surface area contributed by atoms with Gasteiger partial charge in [0.25, 0.3) is 9.05 Å². The van der Waals surface area contributed by atoms with Crippen LogP contribution in [0.15, 0.2) is 17.0 Å². The molecule has 0 atom stereocenters. The van der Waals surface area contributed by atoms with Gasteiger partial charge >= 0.3 is 0 Å². The van der Waals surface area contributed by atoms with Crippen molar-refractivity contribution in [2.24, 2.45) is 0 Å². The van der Waals surface area contributed by atoms with Crippen molar-refractivity contribution >= 4 is 42.9 Å². The molecule has 0 aromatic heterocycles. The molecule has 0 aliphatic heterocycles. The molecule has 0 saturated carbocycles. The van der Waals surface area contributed by atoms with Gasteiger partial charge in [0.15, 0.2) is 5.75 Å². The number of methoxy groups -OCH3 is 1. The summed E-state index contributed by atoms with van der Waals surface area (Å²) in [6, 6.07) is 2.39. The second-order valence-electron chi connectivity index (χ2n) is 3.35. The van der Waals surface area contributed by atoms with Gasteiger partial charge in [-0.1, -0.05) is 23.2 Å². The van der Waals surface area contributed by atoms with E-state index in [4.69, 9.17) is 43.4 Å². The fourth-order valence-corrected chi connectivity index (χ4v) is 2.70. The molecule has 1 aromatic rings. The summed E-state index contributed by atoms with van der Waals surface area (Å²) in [5.74, 6) is 0.235. The van der Waals surface area contributed by atoms with E-state index in [9.17, 15) is 8.42 Å². The molecule has 0 N–H and O–H groups in total. The highest BCUT2D eigenvalue weighted by Crippen LogP contribution is 2.36. The third-order valence-corrected chi connectivity index (χ3v) is 3.89. The Balaban J connectivity index is 2.88. The van der Waals surface area contributed by atoms with Gasteiger partial charge in [0.1, 0.15) is 0 Å². The van der Waals surface area contributed by atoms with Gasteiger partial charge in [-0.15, -0.1) is 0 Å². The first kappa shape index (κ1) is 15.9.